The number of rotatable bonds is 3. The van der Waals surface area contributed by atoms with Crippen LogP contribution in [0.1, 0.15) is 11.5 Å². The van der Waals surface area contributed by atoms with E-state index in [1.54, 1.807) is 12.3 Å². The highest BCUT2D eigenvalue weighted by molar-refractivity contribution is 5.43. The van der Waals surface area contributed by atoms with E-state index in [0.29, 0.717) is 6.54 Å². The summed E-state index contributed by atoms with van der Waals surface area (Å²) >= 11 is 0. The lowest BCUT2D eigenvalue weighted by molar-refractivity contribution is 0.628. The fourth-order valence-electron chi connectivity index (χ4n) is 1.34. The molecule has 15 heavy (non-hydrogen) atoms. The van der Waals surface area contributed by atoms with Crippen LogP contribution in [-0.4, -0.2) is 9.97 Å². The van der Waals surface area contributed by atoms with Gasteiger partial charge in [0.25, 0.3) is 0 Å². The molecule has 0 atom stereocenters. The zero-order valence-corrected chi connectivity index (χ0v) is 8.42. The Hall–Kier alpha value is -1.84. The topological polar surface area (TPSA) is 40.7 Å². The Kier molecular flexibility index (Phi) is 2.67. The van der Waals surface area contributed by atoms with Gasteiger partial charge in [-0.1, -0.05) is 6.07 Å². The van der Waals surface area contributed by atoms with Gasteiger partial charge in [0.2, 0.25) is 0 Å². The van der Waals surface area contributed by atoms with E-state index in [0.717, 1.165) is 17.2 Å². The number of aryl methyl sites for hydroxylation is 1. The van der Waals surface area contributed by atoms with Crippen LogP contribution in [0.5, 0.6) is 0 Å². The minimum atomic E-state index is -0.240. The Labute approximate surface area is 87.4 Å². The quantitative estimate of drug-likeness (QED) is 0.808. The monoisotopic (exact) mass is 205 g/mol. The summed E-state index contributed by atoms with van der Waals surface area (Å²) < 4.78 is 12.8. The van der Waals surface area contributed by atoms with Crippen LogP contribution in [0, 0.1) is 12.7 Å². The Morgan fingerprint density at radius 2 is 2.33 bits per heavy atom. The van der Waals surface area contributed by atoms with Gasteiger partial charge in [0.15, 0.2) is 0 Å². The highest BCUT2D eigenvalue weighted by Gasteiger charge is 1.98. The van der Waals surface area contributed by atoms with Crippen LogP contribution in [0.4, 0.5) is 10.1 Å². The van der Waals surface area contributed by atoms with Gasteiger partial charge in [0.05, 0.1) is 6.54 Å². The Morgan fingerprint density at radius 1 is 1.47 bits per heavy atom. The minimum Gasteiger partial charge on any atom is -0.378 e. The number of hydrogen-bond acceptors (Lipinski definition) is 2. The molecule has 0 aliphatic rings. The largest absolute Gasteiger partial charge is 0.378 e. The fourth-order valence-corrected chi connectivity index (χ4v) is 1.34. The third-order valence-electron chi connectivity index (χ3n) is 2.04. The molecular formula is C11H12FN3. The first-order chi connectivity index (χ1) is 7.24. The van der Waals surface area contributed by atoms with Gasteiger partial charge in [-0.3, -0.25) is 0 Å². The molecule has 78 valence electrons. The molecule has 2 rings (SSSR count). The summed E-state index contributed by atoms with van der Waals surface area (Å²) in [5, 5.41) is 3.08. The molecule has 0 amide bonds. The van der Waals surface area contributed by atoms with E-state index < -0.39 is 0 Å². The van der Waals surface area contributed by atoms with E-state index in [1.165, 1.54) is 12.1 Å². The second-order valence-corrected chi connectivity index (χ2v) is 3.38. The zero-order valence-electron chi connectivity index (χ0n) is 8.42. The number of anilines is 1. The first kappa shape index (κ1) is 9.71. The van der Waals surface area contributed by atoms with Crippen LogP contribution >= 0.6 is 0 Å². The van der Waals surface area contributed by atoms with Crippen molar-refractivity contribution in [1.29, 1.82) is 0 Å². The summed E-state index contributed by atoms with van der Waals surface area (Å²) in [5.41, 5.74) is 1.77. The van der Waals surface area contributed by atoms with E-state index >= 15 is 0 Å². The molecule has 2 aromatic rings. The SMILES string of the molecule is Cc1cnc(CNc2cccc(F)c2)[nH]1. The van der Waals surface area contributed by atoms with Crippen molar-refractivity contribution in [2.24, 2.45) is 0 Å². The number of halogens is 1. The first-order valence-corrected chi connectivity index (χ1v) is 4.74. The lowest BCUT2D eigenvalue weighted by Gasteiger charge is -2.03. The summed E-state index contributed by atoms with van der Waals surface area (Å²) in [4.78, 5) is 7.23. The van der Waals surface area contributed by atoms with Crippen molar-refractivity contribution in [3.05, 3.63) is 47.8 Å². The van der Waals surface area contributed by atoms with Crippen LogP contribution in [0.15, 0.2) is 30.5 Å². The van der Waals surface area contributed by atoms with Crippen molar-refractivity contribution in [3.8, 4) is 0 Å². The van der Waals surface area contributed by atoms with Gasteiger partial charge in [-0.25, -0.2) is 9.37 Å². The summed E-state index contributed by atoms with van der Waals surface area (Å²) in [6.45, 7) is 2.51. The summed E-state index contributed by atoms with van der Waals surface area (Å²) in [6.07, 6.45) is 1.77. The van der Waals surface area contributed by atoms with Gasteiger partial charge in [0, 0.05) is 17.6 Å². The standard InChI is InChI=1S/C11H12FN3/c1-8-6-14-11(15-8)7-13-10-4-2-3-9(12)5-10/h2-6,13H,7H2,1H3,(H,14,15). The maximum absolute atomic E-state index is 12.8. The normalized spacial score (nSPS) is 10.3. The number of imidazole rings is 1. The van der Waals surface area contributed by atoms with Crippen molar-refractivity contribution in [2.75, 3.05) is 5.32 Å². The van der Waals surface area contributed by atoms with Gasteiger partial charge in [-0.05, 0) is 25.1 Å². The van der Waals surface area contributed by atoms with Gasteiger partial charge in [0.1, 0.15) is 11.6 Å². The number of nitrogens with one attached hydrogen (secondary N) is 2. The molecule has 1 aromatic heterocycles. The van der Waals surface area contributed by atoms with E-state index in [4.69, 9.17) is 0 Å². The second kappa shape index (κ2) is 4.13. The van der Waals surface area contributed by atoms with Crippen LogP contribution in [-0.2, 0) is 6.54 Å². The second-order valence-electron chi connectivity index (χ2n) is 3.38. The number of benzene rings is 1. The van der Waals surface area contributed by atoms with E-state index in [9.17, 15) is 4.39 Å². The maximum Gasteiger partial charge on any atom is 0.125 e. The zero-order chi connectivity index (χ0) is 10.7. The smallest absolute Gasteiger partial charge is 0.125 e. The lowest BCUT2D eigenvalue weighted by atomic mass is 10.3. The fraction of sp³-hybridized carbons (Fsp3) is 0.182. The summed E-state index contributed by atoms with van der Waals surface area (Å²) in [7, 11) is 0. The van der Waals surface area contributed by atoms with Crippen molar-refractivity contribution >= 4 is 5.69 Å². The molecule has 0 bridgehead atoms. The number of nitrogens with zero attached hydrogens (tertiary/aromatic N) is 1. The minimum absolute atomic E-state index is 0.240. The lowest BCUT2D eigenvalue weighted by Crippen LogP contribution is -2.01. The Morgan fingerprint density at radius 3 is 3.00 bits per heavy atom. The van der Waals surface area contributed by atoms with Gasteiger partial charge in [-0.15, -0.1) is 0 Å². The van der Waals surface area contributed by atoms with Crippen LogP contribution in [0.2, 0.25) is 0 Å². The molecule has 0 fully saturated rings. The molecule has 0 saturated heterocycles. The highest BCUT2D eigenvalue weighted by atomic mass is 19.1. The number of aromatic amines is 1. The van der Waals surface area contributed by atoms with Crippen molar-refractivity contribution < 1.29 is 4.39 Å². The predicted molar refractivity (Wildman–Crippen MR) is 57.1 cm³/mol. The van der Waals surface area contributed by atoms with Crippen LogP contribution < -0.4 is 5.32 Å². The van der Waals surface area contributed by atoms with E-state index in [2.05, 4.69) is 15.3 Å². The van der Waals surface area contributed by atoms with Crippen molar-refractivity contribution in [2.45, 2.75) is 13.5 Å². The summed E-state index contributed by atoms with van der Waals surface area (Å²) in [6, 6.07) is 6.36. The number of hydrogen-bond donors (Lipinski definition) is 2. The third-order valence-corrected chi connectivity index (χ3v) is 2.04. The molecule has 0 radical (unpaired) electrons. The molecular weight excluding hydrogens is 193 g/mol. The highest BCUT2D eigenvalue weighted by Crippen LogP contribution is 2.09. The Balaban J connectivity index is 1.99. The molecule has 1 aromatic carbocycles. The molecule has 0 spiro atoms. The third kappa shape index (κ3) is 2.56. The molecule has 1 heterocycles. The van der Waals surface area contributed by atoms with Crippen LogP contribution in [0.25, 0.3) is 0 Å². The molecule has 2 N–H and O–H groups in total. The van der Waals surface area contributed by atoms with E-state index in [-0.39, 0.29) is 5.82 Å². The van der Waals surface area contributed by atoms with Gasteiger partial charge in [-0.2, -0.15) is 0 Å². The average molecular weight is 205 g/mol. The first-order valence-electron chi connectivity index (χ1n) is 4.74. The molecule has 0 saturated carbocycles. The van der Waals surface area contributed by atoms with Crippen LogP contribution in [0.3, 0.4) is 0 Å². The molecule has 4 heteroatoms. The van der Waals surface area contributed by atoms with Gasteiger partial charge < -0.3 is 10.3 Å². The Bertz CT molecular complexity index is 451. The maximum atomic E-state index is 12.8. The van der Waals surface area contributed by atoms with E-state index in [1.807, 2.05) is 13.0 Å². The average Bonchev–Trinajstić information content (AvgIpc) is 2.62. The van der Waals surface area contributed by atoms with Gasteiger partial charge >= 0.3 is 0 Å². The number of H-pyrrole nitrogens is 1. The predicted octanol–water partition coefficient (Wildman–Crippen LogP) is 2.47. The van der Waals surface area contributed by atoms with Crippen molar-refractivity contribution in [3.63, 3.8) is 0 Å². The molecule has 0 aliphatic heterocycles. The molecule has 0 aliphatic carbocycles. The molecule has 0 unspecified atom stereocenters. The van der Waals surface area contributed by atoms with Crippen molar-refractivity contribution in [1.82, 2.24) is 9.97 Å². The molecule has 3 nitrogen and oxygen atoms in total. The number of aromatic nitrogens is 2. The summed E-state index contributed by atoms with van der Waals surface area (Å²) in [5.74, 6) is 0.604.